The van der Waals surface area contributed by atoms with Crippen LogP contribution < -0.4 is 4.90 Å². The van der Waals surface area contributed by atoms with E-state index in [1.807, 2.05) is 0 Å². The Hall–Kier alpha value is -9.12. The van der Waals surface area contributed by atoms with E-state index in [9.17, 15) is 0 Å². The average Bonchev–Trinajstić information content (AvgIpc) is 4.13. The molecule has 13 aromatic rings. The normalized spacial score (nSPS) is 13.0. The molecule has 1 N–H and O–H groups in total. The van der Waals surface area contributed by atoms with Crippen molar-refractivity contribution in [3.05, 3.63) is 253 Å². The van der Waals surface area contributed by atoms with E-state index in [1.165, 1.54) is 99.2 Å². The van der Waals surface area contributed by atoms with Gasteiger partial charge in [-0.15, -0.1) is 0 Å². The maximum Gasteiger partial charge on any atom is 0.0721 e. The number of para-hydroxylation sites is 3. The third-order valence-electron chi connectivity index (χ3n) is 15.7. The molecule has 3 heterocycles. The van der Waals surface area contributed by atoms with Crippen molar-refractivity contribution >= 4 is 77.7 Å². The molecule has 73 heavy (non-hydrogen) atoms. The van der Waals surface area contributed by atoms with Gasteiger partial charge in [-0.25, -0.2) is 0 Å². The molecule has 10 aromatic carbocycles. The Labute approximate surface area is 425 Å². The van der Waals surface area contributed by atoms with Crippen LogP contribution >= 0.6 is 0 Å². The first-order valence-corrected chi connectivity index (χ1v) is 25.5. The Balaban J connectivity index is 0.955. The van der Waals surface area contributed by atoms with Crippen LogP contribution in [-0.2, 0) is 5.41 Å². The monoisotopic (exact) mass is 936 g/mol. The van der Waals surface area contributed by atoms with Crippen molar-refractivity contribution in [3.63, 3.8) is 0 Å². The van der Waals surface area contributed by atoms with Gasteiger partial charge in [-0.3, -0.25) is 0 Å². The average molecular weight is 937 g/mol. The van der Waals surface area contributed by atoms with Crippen LogP contribution in [0.5, 0.6) is 0 Å². The number of nitrogens with zero attached hydrogens (tertiary/aromatic N) is 3. The zero-order chi connectivity index (χ0) is 49.0. The molecule has 4 heteroatoms. The molecule has 0 aliphatic heterocycles. The lowest BCUT2D eigenvalue weighted by Gasteiger charge is -2.28. The molecule has 0 amide bonds. The molecular formula is C69H52N4. The number of anilines is 3. The maximum absolute atomic E-state index is 4.06. The van der Waals surface area contributed by atoms with E-state index >= 15 is 0 Å². The molecule has 3 aromatic heterocycles. The Morgan fingerprint density at radius 2 is 0.945 bits per heavy atom. The lowest BCUT2D eigenvalue weighted by atomic mass is 9.82. The van der Waals surface area contributed by atoms with Crippen LogP contribution in [0.3, 0.4) is 0 Å². The van der Waals surface area contributed by atoms with Crippen molar-refractivity contribution in [2.24, 2.45) is 0 Å². The number of hydrogen-bond donors (Lipinski definition) is 1. The molecule has 0 spiro atoms. The van der Waals surface area contributed by atoms with Gasteiger partial charge in [0, 0.05) is 71.9 Å². The highest BCUT2D eigenvalue weighted by Gasteiger charge is 2.37. The molecule has 0 bridgehead atoms. The Kier molecular flexibility index (Phi) is 9.65. The van der Waals surface area contributed by atoms with Gasteiger partial charge in [0.15, 0.2) is 0 Å². The molecule has 348 valence electrons. The van der Waals surface area contributed by atoms with Crippen LogP contribution in [0, 0.1) is 6.92 Å². The van der Waals surface area contributed by atoms with Gasteiger partial charge >= 0.3 is 0 Å². The van der Waals surface area contributed by atoms with Gasteiger partial charge < -0.3 is 19.0 Å². The summed E-state index contributed by atoms with van der Waals surface area (Å²) in [7, 11) is 0. The highest BCUT2D eigenvalue weighted by molar-refractivity contribution is 6.15. The van der Waals surface area contributed by atoms with E-state index in [4.69, 9.17) is 0 Å². The van der Waals surface area contributed by atoms with Crippen LogP contribution in [0.2, 0.25) is 0 Å². The number of fused-ring (bicyclic) bond motifs is 10. The molecule has 0 radical (unpaired) electrons. The number of rotatable bonds is 8. The molecule has 0 unspecified atom stereocenters. The van der Waals surface area contributed by atoms with Gasteiger partial charge in [-0.05, 0) is 137 Å². The third-order valence-corrected chi connectivity index (χ3v) is 15.7. The van der Waals surface area contributed by atoms with Crippen molar-refractivity contribution < 1.29 is 0 Å². The van der Waals surface area contributed by atoms with E-state index in [1.54, 1.807) is 0 Å². The third kappa shape index (κ3) is 6.60. The lowest BCUT2D eigenvalue weighted by molar-refractivity contribution is 0.661. The Bertz CT molecular complexity index is 4200. The second-order valence-corrected chi connectivity index (χ2v) is 20.2. The van der Waals surface area contributed by atoms with Gasteiger partial charge in [0.25, 0.3) is 0 Å². The Morgan fingerprint density at radius 1 is 0.438 bits per heavy atom. The highest BCUT2D eigenvalue weighted by atomic mass is 15.1. The van der Waals surface area contributed by atoms with Crippen LogP contribution in [0.15, 0.2) is 231 Å². The molecule has 1 aliphatic rings. The van der Waals surface area contributed by atoms with E-state index in [0.29, 0.717) is 0 Å². The minimum absolute atomic E-state index is 0.291. The summed E-state index contributed by atoms with van der Waals surface area (Å²) in [6.07, 6.45) is 4.41. The second kappa shape index (κ2) is 16.5. The molecule has 4 nitrogen and oxygen atoms in total. The first kappa shape index (κ1) is 42.7. The summed E-state index contributed by atoms with van der Waals surface area (Å²) in [5, 5.41) is 6.17. The summed E-state index contributed by atoms with van der Waals surface area (Å²) < 4.78 is 4.94. The summed E-state index contributed by atoms with van der Waals surface area (Å²) in [6, 6.07) is 82.6. The maximum atomic E-state index is 4.06. The summed E-state index contributed by atoms with van der Waals surface area (Å²) in [6.45, 7) is 9.18. The van der Waals surface area contributed by atoms with Crippen molar-refractivity contribution in [2.75, 3.05) is 4.90 Å². The quantitative estimate of drug-likeness (QED) is 0.162. The number of aromatic amines is 1. The molecule has 0 saturated heterocycles. The standard InChI is InChI=1S/C69H52N4/c1-5-18-53-44(2)71(64-26-15-12-23-55(53)64)67-41-52(73-65-27-16-13-24-56(65)57-25-14-17-28-66(57)73)39-60-59-42-62-58(43-63(59)70-68(60)67)54-38-37-51(40-61(54)69(62,3)4)72(49-33-29-47(30-34-49)45-19-8-6-9-20-45)50-35-31-48(32-36-50)46-21-10-7-11-22-46/h5-43,70H,1-4H3/b18-5-. The van der Waals surface area contributed by atoms with Gasteiger partial charge in [0.05, 0.1) is 27.8 Å². The number of hydrogen-bond acceptors (Lipinski definition) is 1. The van der Waals surface area contributed by atoms with Gasteiger partial charge in [0.1, 0.15) is 0 Å². The summed E-state index contributed by atoms with van der Waals surface area (Å²) in [4.78, 5) is 6.47. The first-order chi connectivity index (χ1) is 35.8. The van der Waals surface area contributed by atoms with E-state index < -0.39 is 0 Å². The molecule has 0 fully saturated rings. The number of aromatic nitrogens is 3. The van der Waals surface area contributed by atoms with E-state index in [0.717, 1.165) is 39.5 Å². The van der Waals surface area contributed by atoms with Crippen LogP contribution in [-0.4, -0.2) is 14.1 Å². The van der Waals surface area contributed by atoms with Crippen molar-refractivity contribution in [3.8, 4) is 44.8 Å². The number of allylic oxidation sites excluding steroid dienone is 1. The molecule has 0 atom stereocenters. The van der Waals surface area contributed by atoms with E-state index in [-0.39, 0.29) is 5.41 Å². The predicted molar refractivity (Wildman–Crippen MR) is 310 cm³/mol. The summed E-state index contributed by atoms with van der Waals surface area (Å²) >= 11 is 0. The van der Waals surface area contributed by atoms with Gasteiger partial charge in [-0.1, -0.05) is 172 Å². The van der Waals surface area contributed by atoms with E-state index in [2.05, 4.69) is 283 Å². The van der Waals surface area contributed by atoms with Crippen LogP contribution in [0.4, 0.5) is 17.1 Å². The summed E-state index contributed by atoms with van der Waals surface area (Å²) in [5.74, 6) is 0. The molecule has 14 rings (SSSR count). The number of nitrogens with one attached hydrogen (secondary N) is 1. The Morgan fingerprint density at radius 3 is 1.53 bits per heavy atom. The zero-order valence-corrected chi connectivity index (χ0v) is 41.4. The van der Waals surface area contributed by atoms with Crippen LogP contribution in [0.1, 0.15) is 43.2 Å². The fraction of sp³-hybridized carbons (Fsp3) is 0.0725. The minimum Gasteiger partial charge on any atom is -0.353 e. The largest absolute Gasteiger partial charge is 0.353 e. The summed E-state index contributed by atoms with van der Waals surface area (Å²) in [5.41, 5.74) is 23.6. The fourth-order valence-electron chi connectivity index (χ4n) is 12.2. The highest BCUT2D eigenvalue weighted by Crippen LogP contribution is 2.53. The number of benzene rings is 10. The fourth-order valence-corrected chi connectivity index (χ4v) is 12.2. The first-order valence-electron chi connectivity index (χ1n) is 25.5. The molecule has 1 aliphatic carbocycles. The van der Waals surface area contributed by atoms with Crippen molar-refractivity contribution in [2.45, 2.75) is 33.1 Å². The topological polar surface area (TPSA) is 28.9 Å². The molecular weight excluding hydrogens is 885 g/mol. The minimum atomic E-state index is -0.291. The zero-order valence-electron chi connectivity index (χ0n) is 41.4. The predicted octanol–water partition coefficient (Wildman–Crippen LogP) is 18.8. The smallest absolute Gasteiger partial charge is 0.0721 e. The van der Waals surface area contributed by atoms with Crippen molar-refractivity contribution in [1.29, 1.82) is 0 Å². The number of H-pyrrole nitrogens is 1. The van der Waals surface area contributed by atoms with Gasteiger partial charge in [-0.2, -0.15) is 0 Å². The van der Waals surface area contributed by atoms with Gasteiger partial charge in [0.2, 0.25) is 0 Å². The lowest BCUT2D eigenvalue weighted by Crippen LogP contribution is -2.16. The van der Waals surface area contributed by atoms with Crippen LogP contribution in [0.25, 0.3) is 105 Å². The second-order valence-electron chi connectivity index (χ2n) is 20.2. The SMILES string of the molecule is C/C=C\c1c(C)n(-c2cc(-n3c4ccccc4c4ccccc43)cc3c2[nH]c2cc4c(cc23)C(C)(C)c2cc(N(c3ccc(-c5ccccc5)cc3)c3ccc(-c5ccccc5)cc3)ccc2-4)c2ccccc12. The van der Waals surface area contributed by atoms with Crippen molar-refractivity contribution in [1.82, 2.24) is 14.1 Å². The molecule has 0 saturated carbocycles.